The van der Waals surface area contributed by atoms with Crippen molar-refractivity contribution >= 4 is 5.69 Å². The first-order valence-electron chi connectivity index (χ1n) is 8.56. The zero-order valence-corrected chi connectivity index (χ0v) is 14.1. The van der Waals surface area contributed by atoms with E-state index in [9.17, 15) is 9.50 Å². The lowest BCUT2D eigenvalue weighted by atomic mass is 9.95. The Morgan fingerprint density at radius 3 is 2.33 bits per heavy atom. The highest BCUT2D eigenvalue weighted by Gasteiger charge is 2.26. The molecule has 128 valence electrons. The van der Waals surface area contributed by atoms with E-state index < -0.39 is 5.60 Å². The molecule has 1 saturated heterocycles. The molecule has 0 aromatic heterocycles. The topological polar surface area (TPSA) is 35.5 Å². The lowest BCUT2D eigenvalue weighted by Crippen LogP contribution is -2.46. The fourth-order valence-electron chi connectivity index (χ4n) is 3.23. The second kappa shape index (κ2) is 7.32. The molecule has 24 heavy (non-hydrogen) atoms. The van der Waals surface area contributed by atoms with Gasteiger partial charge in [0.05, 0.1) is 5.60 Å². The predicted molar refractivity (Wildman–Crippen MR) is 95.7 cm³/mol. The van der Waals surface area contributed by atoms with Gasteiger partial charge in [0.1, 0.15) is 5.82 Å². The predicted octanol–water partition coefficient (Wildman–Crippen LogP) is 3.29. The van der Waals surface area contributed by atoms with E-state index in [1.54, 1.807) is 19.1 Å². The van der Waals surface area contributed by atoms with Crippen molar-refractivity contribution in [2.45, 2.75) is 31.4 Å². The van der Waals surface area contributed by atoms with E-state index in [1.807, 2.05) is 6.07 Å². The summed E-state index contributed by atoms with van der Waals surface area (Å²) >= 11 is 0. The van der Waals surface area contributed by atoms with Crippen LogP contribution in [0.1, 0.15) is 25.3 Å². The van der Waals surface area contributed by atoms with Gasteiger partial charge >= 0.3 is 0 Å². The molecule has 3 nitrogen and oxygen atoms in total. The van der Waals surface area contributed by atoms with Gasteiger partial charge in [0.25, 0.3) is 0 Å². The van der Waals surface area contributed by atoms with Gasteiger partial charge in [-0.2, -0.15) is 0 Å². The lowest BCUT2D eigenvalue weighted by molar-refractivity contribution is 0.0527. The molecule has 2 N–H and O–H groups in total. The summed E-state index contributed by atoms with van der Waals surface area (Å²) in [6.07, 6.45) is 2.10. The fraction of sp³-hybridized carbons (Fsp3) is 0.400. The second-order valence-electron chi connectivity index (χ2n) is 6.76. The van der Waals surface area contributed by atoms with Crippen molar-refractivity contribution in [2.24, 2.45) is 0 Å². The third-order valence-corrected chi connectivity index (χ3v) is 4.82. The number of para-hydroxylation sites is 1. The van der Waals surface area contributed by atoms with Gasteiger partial charge in [-0.3, -0.25) is 0 Å². The van der Waals surface area contributed by atoms with E-state index in [4.69, 9.17) is 0 Å². The molecule has 3 rings (SSSR count). The van der Waals surface area contributed by atoms with Gasteiger partial charge in [0, 0.05) is 31.4 Å². The summed E-state index contributed by atoms with van der Waals surface area (Å²) in [6, 6.07) is 16.9. The highest BCUT2D eigenvalue weighted by molar-refractivity contribution is 5.46. The molecule has 0 spiro atoms. The Morgan fingerprint density at radius 2 is 1.71 bits per heavy atom. The molecule has 1 atom stereocenters. The van der Waals surface area contributed by atoms with Gasteiger partial charge in [0.15, 0.2) is 0 Å². The summed E-state index contributed by atoms with van der Waals surface area (Å²) in [5.41, 5.74) is 1.01. The number of hydrogen-bond donors (Lipinski definition) is 2. The molecule has 0 saturated carbocycles. The van der Waals surface area contributed by atoms with Crippen molar-refractivity contribution < 1.29 is 9.50 Å². The fourth-order valence-corrected chi connectivity index (χ4v) is 3.23. The van der Waals surface area contributed by atoms with Gasteiger partial charge in [-0.15, -0.1) is 0 Å². The number of nitrogens with zero attached hydrogens (tertiary/aromatic N) is 1. The van der Waals surface area contributed by atoms with Crippen molar-refractivity contribution in [1.82, 2.24) is 5.32 Å². The molecule has 1 aliphatic rings. The summed E-state index contributed by atoms with van der Waals surface area (Å²) in [5, 5.41) is 14.1. The highest BCUT2D eigenvalue weighted by Crippen LogP contribution is 2.22. The van der Waals surface area contributed by atoms with Gasteiger partial charge in [-0.25, -0.2) is 4.39 Å². The minimum Gasteiger partial charge on any atom is -0.384 e. The molecule has 0 amide bonds. The Morgan fingerprint density at radius 1 is 1.08 bits per heavy atom. The van der Waals surface area contributed by atoms with E-state index in [0.29, 0.717) is 12.6 Å². The van der Waals surface area contributed by atoms with E-state index >= 15 is 0 Å². The molecule has 4 heteroatoms. The number of benzene rings is 2. The Kier molecular flexibility index (Phi) is 5.17. The van der Waals surface area contributed by atoms with E-state index in [1.165, 1.54) is 17.8 Å². The van der Waals surface area contributed by atoms with Crippen molar-refractivity contribution in [3.8, 4) is 0 Å². The molecule has 1 aliphatic heterocycles. The third-order valence-electron chi connectivity index (χ3n) is 4.82. The van der Waals surface area contributed by atoms with Crippen LogP contribution in [-0.2, 0) is 5.60 Å². The van der Waals surface area contributed by atoms with Crippen LogP contribution in [0, 0.1) is 5.82 Å². The monoisotopic (exact) mass is 328 g/mol. The average Bonchev–Trinajstić information content (AvgIpc) is 2.62. The number of nitrogens with one attached hydrogen (secondary N) is 1. The second-order valence-corrected chi connectivity index (χ2v) is 6.76. The average molecular weight is 328 g/mol. The number of aliphatic hydroxyl groups is 1. The lowest BCUT2D eigenvalue weighted by Gasteiger charge is -2.35. The van der Waals surface area contributed by atoms with E-state index in [0.717, 1.165) is 31.5 Å². The van der Waals surface area contributed by atoms with E-state index in [2.05, 4.69) is 34.5 Å². The molecule has 1 heterocycles. The standard InChI is InChI=1S/C20H25FN2O/c1-20(24,16-7-9-17(21)10-8-16)15-22-18-11-13-23(14-12-18)19-5-3-2-4-6-19/h2-10,18,22,24H,11-15H2,1H3/t20-/m0/s1. The van der Waals surface area contributed by atoms with Gasteiger partial charge in [0.2, 0.25) is 0 Å². The van der Waals surface area contributed by atoms with Crippen molar-refractivity contribution in [2.75, 3.05) is 24.5 Å². The van der Waals surface area contributed by atoms with Crippen LogP contribution in [0.5, 0.6) is 0 Å². The smallest absolute Gasteiger partial charge is 0.123 e. The van der Waals surface area contributed by atoms with Crippen LogP contribution in [0.4, 0.5) is 10.1 Å². The molecule has 0 radical (unpaired) electrons. The molecule has 1 fully saturated rings. The highest BCUT2D eigenvalue weighted by atomic mass is 19.1. The van der Waals surface area contributed by atoms with Gasteiger partial charge in [-0.1, -0.05) is 30.3 Å². The first kappa shape index (κ1) is 16.9. The maximum Gasteiger partial charge on any atom is 0.123 e. The van der Waals surface area contributed by atoms with Crippen LogP contribution in [-0.4, -0.2) is 30.8 Å². The molecule has 0 aliphatic carbocycles. The summed E-state index contributed by atoms with van der Waals surface area (Å²) < 4.78 is 13.0. The van der Waals surface area contributed by atoms with Crippen LogP contribution in [0.2, 0.25) is 0 Å². The number of halogens is 1. The summed E-state index contributed by atoms with van der Waals surface area (Å²) in [6.45, 7) is 4.27. The van der Waals surface area contributed by atoms with Gasteiger partial charge in [-0.05, 0) is 49.6 Å². The normalized spacial score (nSPS) is 18.4. The van der Waals surface area contributed by atoms with Crippen LogP contribution < -0.4 is 10.2 Å². The SMILES string of the molecule is C[C@](O)(CNC1CCN(c2ccccc2)CC1)c1ccc(F)cc1. The number of piperidine rings is 1. The van der Waals surface area contributed by atoms with Crippen LogP contribution >= 0.6 is 0 Å². The largest absolute Gasteiger partial charge is 0.384 e. The summed E-state index contributed by atoms with van der Waals surface area (Å²) in [5.74, 6) is -0.282. The molecule has 0 bridgehead atoms. The molecular formula is C20H25FN2O. The van der Waals surface area contributed by atoms with Crippen molar-refractivity contribution in [3.05, 3.63) is 66.0 Å². The maximum absolute atomic E-state index is 13.0. The van der Waals surface area contributed by atoms with Crippen LogP contribution in [0.25, 0.3) is 0 Å². The Labute approximate surface area is 143 Å². The minimum absolute atomic E-state index is 0.282. The maximum atomic E-state index is 13.0. The van der Waals surface area contributed by atoms with Crippen molar-refractivity contribution in [3.63, 3.8) is 0 Å². The third kappa shape index (κ3) is 4.13. The Bertz CT molecular complexity index is 634. The molecule has 2 aromatic carbocycles. The summed E-state index contributed by atoms with van der Waals surface area (Å²) in [7, 11) is 0. The van der Waals surface area contributed by atoms with Gasteiger partial charge < -0.3 is 15.3 Å². The number of hydrogen-bond acceptors (Lipinski definition) is 3. The number of rotatable bonds is 5. The Hall–Kier alpha value is -1.91. The first-order chi connectivity index (χ1) is 11.5. The minimum atomic E-state index is -0.996. The zero-order chi connectivity index (χ0) is 17.0. The zero-order valence-electron chi connectivity index (χ0n) is 14.1. The van der Waals surface area contributed by atoms with E-state index in [-0.39, 0.29) is 5.82 Å². The molecule has 2 aromatic rings. The van der Waals surface area contributed by atoms with Crippen LogP contribution in [0.3, 0.4) is 0 Å². The quantitative estimate of drug-likeness (QED) is 0.884. The number of anilines is 1. The van der Waals surface area contributed by atoms with Crippen LogP contribution in [0.15, 0.2) is 54.6 Å². The molecular weight excluding hydrogens is 303 g/mol. The molecule has 0 unspecified atom stereocenters. The summed E-state index contributed by atoms with van der Waals surface area (Å²) in [4.78, 5) is 2.40. The van der Waals surface area contributed by atoms with Crippen molar-refractivity contribution in [1.29, 1.82) is 0 Å². The Balaban J connectivity index is 1.50. The first-order valence-corrected chi connectivity index (χ1v) is 8.56.